The van der Waals surface area contributed by atoms with Crippen molar-refractivity contribution < 1.29 is 4.74 Å². The van der Waals surface area contributed by atoms with Crippen molar-refractivity contribution in [2.45, 2.75) is 45.8 Å². The minimum atomic E-state index is 0.270. The third-order valence-electron chi connectivity index (χ3n) is 3.73. The highest BCUT2D eigenvalue weighted by molar-refractivity contribution is 5.28. The van der Waals surface area contributed by atoms with E-state index >= 15 is 0 Å². The molecule has 100 valence electrons. The summed E-state index contributed by atoms with van der Waals surface area (Å²) in [6, 6.07) is 9.16. The van der Waals surface area contributed by atoms with Crippen LogP contribution in [0.15, 0.2) is 24.3 Å². The Bertz CT molecular complexity index is 375. The molecule has 1 aromatic rings. The highest BCUT2D eigenvalue weighted by atomic mass is 16.5. The van der Waals surface area contributed by atoms with E-state index in [0.717, 1.165) is 13.2 Å². The van der Waals surface area contributed by atoms with Crippen molar-refractivity contribution in [3.8, 4) is 0 Å². The van der Waals surface area contributed by atoms with Crippen molar-refractivity contribution in [1.29, 1.82) is 0 Å². The lowest BCUT2D eigenvalue weighted by Gasteiger charge is -2.33. The number of hydrogen-bond acceptors (Lipinski definition) is 2. The summed E-state index contributed by atoms with van der Waals surface area (Å²) in [5.41, 5.74) is 2.71. The smallest absolute Gasteiger partial charge is 0.0867 e. The van der Waals surface area contributed by atoms with Crippen LogP contribution in [0.25, 0.3) is 0 Å². The van der Waals surface area contributed by atoms with E-state index in [1.807, 2.05) is 0 Å². The maximum atomic E-state index is 6.05. The number of benzene rings is 1. The average molecular weight is 247 g/mol. The summed E-state index contributed by atoms with van der Waals surface area (Å²) >= 11 is 0. The van der Waals surface area contributed by atoms with E-state index < -0.39 is 0 Å². The molecule has 0 saturated carbocycles. The van der Waals surface area contributed by atoms with E-state index in [0.29, 0.717) is 12.0 Å². The van der Waals surface area contributed by atoms with Crippen molar-refractivity contribution in [3.63, 3.8) is 0 Å². The van der Waals surface area contributed by atoms with Crippen molar-refractivity contribution >= 4 is 0 Å². The summed E-state index contributed by atoms with van der Waals surface area (Å²) in [5, 5.41) is 3.55. The van der Waals surface area contributed by atoms with Crippen molar-refractivity contribution in [3.05, 3.63) is 35.4 Å². The summed E-state index contributed by atoms with van der Waals surface area (Å²) in [4.78, 5) is 0. The number of hydrogen-bond donors (Lipinski definition) is 1. The van der Waals surface area contributed by atoms with E-state index in [2.05, 4.69) is 50.4 Å². The molecule has 1 aliphatic heterocycles. The molecule has 0 spiro atoms. The second-order valence-electron chi connectivity index (χ2n) is 5.61. The average Bonchev–Trinajstić information content (AvgIpc) is 2.37. The van der Waals surface area contributed by atoms with Gasteiger partial charge < -0.3 is 10.1 Å². The molecule has 0 radical (unpaired) electrons. The van der Waals surface area contributed by atoms with Gasteiger partial charge in [0.2, 0.25) is 0 Å². The SMILES string of the molecule is Cc1ccccc1C1OCCCC1CNC(C)C. The lowest BCUT2D eigenvalue weighted by Crippen LogP contribution is -2.35. The fourth-order valence-corrected chi connectivity index (χ4v) is 2.69. The number of nitrogens with one attached hydrogen (secondary N) is 1. The van der Waals surface area contributed by atoms with Crippen LogP contribution in [0.5, 0.6) is 0 Å². The first-order valence-electron chi connectivity index (χ1n) is 7.09. The van der Waals surface area contributed by atoms with Crippen molar-refractivity contribution in [2.75, 3.05) is 13.2 Å². The maximum absolute atomic E-state index is 6.05. The molecule has 2 atom stereocenters. The first-order chi connectivity index (χ1) is 8.68. The van der Waals surface area contributed by atoms with Gasteiger partial charge in [0, 0.05) is 25.1 Å². The minimum absolute atomic E-state index is 0.270. The molecule has 0 aromatic heterocycles. The summed E-state index contributed by atoms with van der Waals surface area (Å²) in [5.74, 6) is 0.599. The molecular weight excluding hydrogens is 222 g/mol. The van der Waals surface area contributed by atoms with Crippen LogP contribution >= 0.6 is 0 Å². The monoisotopic (exact) mass is 247 g/mol. The van der Waals surface area contributed by atoms with Gasteiger partial charge in [-0.25, -0.2) is 0 Å². The van der Waals surface area contributed by atoms with Crippen LogP contribution in [-0.4, -0.2) is 19.2 Å². The lowest BCUT2D eigenvalue weighted by molar-refractivity contribution is -0.0285. The summed E-state index contributed by atoms with van der Waals surface area (Å²) in [6.07, 6.45) is 2.72. The van der Waals surface area contributed by atoms with Gasteiger partial charge in [0.1, 0.15) is 0 Å². The van der Waals surface area contributed by atoms with Gasteiger partial charge in [0.15, 0.2) is 0 Å². The van der Waals surface area contributed by atoms with Gasteiger partial charge in [-0.05, 0) is 30.9 Å². The van der Waals surface area contributed by atoms with Gasteiger partial charge >= 0.3 is 0 Å². The molecule has 1 aromatic carbocycles. The first kappa shape index (κ1) is 13.6. The van der Waals surface area contributed by atoms with Crippen LogP contribution in [0.3, 0.4) is 0 Å². The van der Waals surface area contributed by atoms with E-state index in [1.54, 1.807) is 0 Å². The Balaban J connectivity index is 2.10. The maximum Gasteiger partial charge on any atom is 0.0867 e. The van der Waals surface area contributed by atoms with Crippen LogP contribution < -0.4 is 5.32 Å². The molecule has 0 aliphatic carbocycles. The molecule has 1 fully saturated rings. The third-order valence-corrected chi connectivity index (χ3v) is 3.73. The summed E-state index contributed by atoms with van der Waals surface area (Å²) in [6.45, 7) is 8.53. The largest absolute Gasteiger partial charge is 0.373 e. The second kappa shape index (κ2) is 6.35. The fraction of sp³-hybridized carbons (Fsp3) is 0.625. The fourth-order valence-electron chi connectivity index (χ4n) is 2.69. The minimum Gasteiger partial charge on any atom is -0.373 e. The summed E-state index contributed by atoms with van der Waals surface area (Å²) < 4.78 is 6.05. The zero-order valence-corrected chi connectivity index (χ0v) is 11.8. The number of aryl methyl sites for hydroxylation is 1. The zero-order valence-electron chi connectivity index (χ0n) is 11.8. The molecule has 1 heterocycles. The molecule has 1 N–H and O–H groups in total. The molecule has 18 heavy (non-hydrogen) atoms. The quantitative estimate of drug-likeness (QED) is 0.879. The van der Waals surface area contributed by atoms with Crippen LogP contribution in [0.2, 0.25) is 0 Å². The van der Waals surface area contributed by atoms with E-state index in [4.69, 9.17) is 4.74 Å². The van der Waals surface area contributed by atoms with Crippen LogP contribution in [0.1, 0.15) is 43.9 Å². The normalized spacial score (nSPS) is 24.4. The van der Waals surface area contributed by atoms with Crippen LogP contribution in [-0.2, 0) is 4.74 Å². The Kier molecular flexibility index (Phi) is 4.79. The molecule has 2 unspecified atom stereocenters. The molecule has 1 saturated heterocycles. The molecular formula is C16H25NO. The Labute approximate surface area is 111 Å². The van der Waals surface area contributed by atoms with Gasteiger partial charge in [-0.15, -0.1) is 0 Å². The predicted octanol–water partition coefficient (Wildman–Crippen LogP) is 3.46. The van der Waals surface area contributed by atoms with Crippen LogP contribution in [0, 0.1) is 12.8 Å². The Morgan fingerprint density at radius 1 is 1.33 bits per heavy atom. The van der Waals surface area contributed by atoms with Gasteiger partial charge in [0.05, 0.1) is 6.10 Å². The second-order valence-corrected chi connectivity index (χ2v) is 5.61. The van der Waals surface area contributed by atoms with E-state index in [-0.39, 0.29) is 6.10 Å². The Hall–Kier alpha value is -0.860. The standard InChI is InChI=1S/C16H25NO/c1-12(2)17-11-14-8-6-10-18-16(14)15-9-5-4-7-13(15)3/h4-5,7,9,12,14,16-17H,6,8,10-11H2,1-3H3. The topological polar surface area (TPSA) is 21.3 Å². The van der Waals surface area contributed by atoms with Gasteiger partial charge in [-0.2, -0.15) is 0 Å². The van der Waals surface area contributed by atoms with Gasteiger partial charge in [-0.1, -0.05) is 38.1 Å². The molecule has 2 rings (SSSR count). The summed E-state index contributed by atoms with van der Waals surface area (Å²) in [7, 11) is 0. The van der Waals surface area contributed by atoms with Crippen LogP contribution in [0.4, 0.5) is 0 Å². The molecule has 2 heteroatoms. The lowest BCUT2D eigenvalue weighted by atomic mass is 9.87. The first-order valence-corrected chi connectivity index (χ1v) is 7.09. The molecule has 0 bridgehead atoms. The zero-order chi connectivity index (χ0) is 13.0. The van der Waals surface area contributed by atoms with Gasteiger partial charge in [0.25, 0.3) is 0 Å². The highest BCUT2D eigenvalue weighted by Crippen LogP contribution is 2.34. The van der Waals surface area contributed by atoms with E-state index in [1.165, 1.54) is 24.0 Å². The molecule has 1 aliphatic rings. The highest BCUT2D eigenvalue weighted by Gasteiger charge is 2.28. The number of rotatable bonds is 4. The predicted molar refractivity (Wildman–Crippen MR) is 75.7 cm³/mol. The van der Waals surface area contributed by atoms with Crippen molar-refractivity contribution in [2.24, 2.45) is 5.92 Å². The number of ether oxygens (including phenoxy) is 1. The van der Waals surface area contributed by atoms with E-state index in [9.17, 15) is 0 Å². The molecule has 0 amide bonds. The van der Waals surface area contributed by atoms with Gasteiger partial charge in [-0.3, -0.25) is 0 Å². The van der Waals surface area contributed by atoms with Crippen molar-refractivity contribution in [1.82, 2.24) is 5.32 Å². The Morgan fingerprint density at radius 2 is 2.11 bits per heavy atom. The Morgan fingerprint density at radius 3 is 2.83 bits per heavy atom. The third kappa shape index (κ3) is 3.33. The molecule has 2 nitrogen and oxygen atoms in total.